The van der Waals surface area contributed by atoms with Crippen molar-refractivity contribution in [2.75, 3.05) is 0 Å². The van der Waals surface area contributed by atoms with Gasteiger partial charge in [0, 0.05) is 10.0 Å². The normalized spacial score (nSPS) is 10.9. The van der Waals surface area contributed by atoms with Gasteiger partial charge >= 0.3 is 6.03 Å². The number of aryl methyl sites for hydroxylation is 2. The molecule has 0 aliphatic carbocycles. The number of halogens is 2. The van der Waals surface area contributed by atoms with E-state index in [9.17, 15) is 4.79 Å². The Morgan fingerprint density at radius 3 is 1.50 bits per heavy atom. The zero-order valence-corrected chi connectivity index (χ0v) is 18.9. The Bertz CT molecular complexity index is 1140. The van der Waals surface area contributed by atoms with Crippen LogP contribution in [0.15, 0.2) is 48.5 Å². The Morgan fingerprint density at radius 1 is 0.750 bits per heavy atom. The molecule has 0 radical (unpaired) electrons. The van der Waals surface area contributed by atoms with Gasteiger partial charge in [-0.05, 0) is 62.4 Å². The molecular formula is C21H20Cl2N8O. The Hall–Kier alpha value is -3.43. The summed E-state index contributed by atoms with van der Waals surface area (Å²) >= 11 is 11.9. The summed E-state index contributed by atoms with van der Waals surface area (Å²) < 4.78 is 3.35. The predicted octanol–water partition coefficient (Wildman–Crippen LogP) is 3.77. The lowest BCUT2D eigenvalue weighted by molar-refractivity contribution is 0.239. The largest absolute Gasteiger partial charge is 0.331 e. The van der Waals surface area contributed by atoms with Crippen LogP contribution in [-0.4, -0.2) is 35.6 Å². The molecule has 4 rings (SSSR count). The summed E-state index contributed by atoms with van der Waals surface area (Å²) in [5.74, 6) is 2.40. The van der Waals surface area contributed by atoms with Crippen molar-refractivity contribution in [3.63, 3.8) is 0 Å². The van der Waals surface area contributed by atoms with Crippen molar-refractivity contribution in [2.24, 2.45) is 0 Å². The Labute approximate surface area is 194 Å². The quantitative estimate of drug-likeness (QED) is 0.446. The highest BCUT2D eigenvalue weighted by molar-refractivity contribution is 6.30. The van der Waals surface area contributed by atoms with E-state index in [0.29, 0.717) is 33.3 Å². The number of amides is 2. The first-order valence-corrected chi connectivity index (χ1v) is 10.5. The van der Waals surface area contributed by atoms with Gasteiger partial charge < -0.3 is 10.6 Å². The van der Waals surface area contributed by atoms with E-state index in [2.05, 4.69) is 30.8 Å². The van der Waals surface area contributed by atoms with Crippen LogP contribution in [0.1, 0.15) is 23.3 Å². The van der Waals surface area contributed by atoms with Crippen LogP contribution in [0.2, 0.25) is 10.0 Å². The third-order valence-corrected chi connectivity index (χ3v) is 5.02. The molecule has 9 nitrogen and oxygen atoms in total. The van der Waals surface area contributed by atoms with Crippen molar-refractivity contribution < 1.29 is 4.79 Å². The molecule has 32 heavy (non-hydrogen) atoms. The monoisotopic (exact) mass is 470 g/mol. The standard InChI is InChI=1S/C21H20Cl2N8O/c1-13-26-19(30(28-13)17-7-3-15(22)4-8-17)11-24-21(32)25-12-20-27-14(2)29-31(20)18-9-5-16(23)6-10-18/h3-10H,11-12H2,1-2H3,(H2,24,25,32). The Balaban J connectivity index is 1.40. The summed E-state index contributed by atoms with van der Waals surface area (Å²) in [5.41, 5.74) is 1.61. The maximum absolute atomic E-state index is 12.4. The van der Waals surface area contributed by atoms with Gasteiger partial charge in [-0.15, -0.1) is 0 Å². The SMILES string of the molecule is Cc1nc(CNC(=O)NCc2nc(C)nn2-c2ccc(Cl)cc2)n(-c2ccc(Cl)cc2)n1. The van der Waals surface area contributed by atoms with E-state index in [1.807, 2.05) is 24.3 Å². The van der Waals surface area contributed by atoms with E-state index in [1.54, 1.807) is 47.5 Å². The zero-order valence-electron chi connectivity index (χ0n) is 17.4. The lowest BCUT2D eigenvalue weighted by Gasteiger charge is -2.10. The fourth-order valence-corrected chi connectivity index (χ4v) is 3.36. The summed E-state index contributed by atoms with van der Waals surface area (Å²) in [6, 6.07) is 14.1. The third kappa shape index (κ3) is 5.06. The van der Waals surface area contributed by atoms with Crippen molar-refractivity contribution >= 4 is 29.2 Å². The predicted molar refractivity (Wildman–Crippen MR) is 121 cm³/mol. The number of hydrogen-bond acceptors (Lipinski definition) is 5. The van der Waals surface area contributed by atoms with Gasteiger partial charge in [-0.1, -0.05) is 23.2 Å². The fraction of sp³-hybridized carbons (Fsp3) is 0.190. The second-order valence-electron chi connectivity index (χ2n) is 6.96. The highest BCUT2D eigenvalue weighted by atomic mass is 35.5. The minimum Gasteiger partial charge on any atom is -0.331 e. The Kier molecular flexibility index (Phi) is 6.38. The second-order valence-corrected chi connectivity index (χ2v) is 7.84. The molecule has 2 aromatic heterocycles. The molecule has 2 heterocycles. The van der Waals surface area contributed by atoms with Gasteiger partial charge in [0.1, 0.15) is 11.6 Å². The molecule has 0 unspecified atom stereocenters. The number of carbonyl (C=O) groups excluding carboxylic acids is 1. The summed E-state index contributed by atoms with van der Waals surface area (Å²) in [7, 11) is 0. The topological polar surface area (TPSA) is 103 Å². The number of rotatable bonds is 6. The molecule has 0 saturated heterocycles. The number of benzene rings is 2. The number of carbonyl (C=O) groups is 1. The first kappa shape index (κ1) is 21.8. The third-order valence-electron chi connectivity index (χ3n) is 4.52. The summed E-state index contributed by atoms with van der Waals surface area (Å²) in [6.07, 6.45) is 0. The zero-order chi connectivity index (χ0) is 22.7. The van der Waals surface area contributed by atoms with E-state index < -0.39 is 0 Å². The van der Waals surface area contributed by atoms with E-state index in [1.165, 1.54) is 0 Å². The molecule has 0 spiro atoms. The van der Waals surface area contributed by atoms with Crippen LogP contribution >= 0.6 is 23.2 Å². The van der Waals surface area contributed by atoms with Crippen LogP contribution in [0.4, 0.5) is 4.79 Å². The van der Waals surface area contributed by atoms with Gasteiger partial charge in [-0.2, -0.15) is 10.2 Å². The van der Waals surface area contributed by atoms with Gasteiger partial charge in [0.25, 0.3) is 0 Å². The van der Waals surface area contributed by atoms with Crippen molar-refractivity contribution in [2.45, 2.75) is 26.9 Å². The summed E-state index contributed by atoms with van der Waals surface area (Å²) in [4.78, 5) is 21.2. The maximum Gasteiger partial charge on any atom is 0.315 e. The average molecular weight is 471 g/mol. The summed E-state index contributed by atoms with van der Waals surface area (Å²) in [5, 5.41) is 15.7. The molecule has 0 saturated carbocycles. The van der Waals surface area contributed by atoms with Crippen LogP contribution < -0.4 is 10.6 Å². The molecule has 0 aliphatic heterocycles. The lowest BCUT2D eigenvalue weighted by atomic mass is 10.3. The van der Waals surface area contributed by atoms with Gasteiger partial charge in [0.15, 0.2) is 11.6 Å². The minimum atomic E-state index is -0.364. The van der Waals surface area contributed by atoms with Crippen molar-refractivity contribution in [3.8, 4) is 11.4 Å². The van der Waals surface area contributed by atoms with Crippen molar-refractivity contribution in [3.05, 3.63) is 81.9 Å². The molecule has 0 fully saturated rings. The number of aromatic nitrogens is 6. The van der Waals surface area contributed by atoms with Gasteiger partial charge in [-0.3, -0.25) is 0 Å². The van der Waals surface area contributed by atoms with Crippen LogP contribution in [0.3, 0.4) is 0 Å². The van der Waals surface area contributed by atoms with E-state index in [0.717, 1.165) is 11.4 Å². The second kappa shape index (κ2) is 9.37. The number of nitrogens with zero attached hydrogens (tertiary/aromatic N) is 6. The molecule has 0 atom stereocenters. The van der Waals surface area contributed by atoms with Crippen LogP contribution in [0, 0.1) is 13.8 Å². The lowest BCUT2D eigenvalue weighted by Crippen LogP contribution is -2.36. The number of nitrogens with one attached hydrogen (secondary N) is 2. The molecule has 0 bridgehead atoms. The van der Waals surface area contributed by atoms with Crippen molar-refractivity contribution in [1.82, 2.24) is 40.2 Å². The van der Waals surface area contributed by atoms with Crippen LogP contribution in [0.5, 0.6) is 0 Å². The highest BCUT2D eigenvalue weighted by Gasteiger charge is 2.13. The molecule has 4 aromatic rings. The first-order chi connectivity index (χ1) is 15.4. The molecular weight excluding hydrogens is 451 g/mol. The number of urea groups is 1. The molecule has 0 aliphatic rings. The smallest absolute Gasteiger partial charge is 0.315 e. The van der Waals surface area contributed by atoms with Crippen molar-refractivity contribution in [1.29, 1.82) is 0 Å². The average Bonchev–Trinajstić information content (AvgIpc) is 3.33. The Morgan fingerprint density at radius 2 is 1.12 bits per heavy atom. The van der Waals surface area contributed by atoms with Crippen LogP contribution in [0.25, 0.3) is 11.4 Å². The molecule has 2 N–H and O–H groups in total. The molecule has 11 heteroatoms. The highest BCUT2D eigenvalue weighted by Crippen LogP contribution is 2.16. The van der Waals surface area contributed by atoms with Crippen LogP contribution in [-0.2, 0) is 13.1 Å². The minimum absolute atomic E-state index is 0.193. The first-order valence-electron chi connectivity index (χ1n) is 9.78. The fourth-order valence-electron chi connectivity index (χ4n) is 3.11. The van der Waals surface area contributed by atoms with Gasteiger partial charge in [-0.25, -0.2) is 24.1 Å². The molecule has 2 aromatic carbocycles. The number of hydrogen-bond donors (Lipinski definition) is 2. The van der Waals surface area contributed by atoms with E-state index >= 15 is 0 Å². The van der Waals surface area contributed by atoms with Gasteiger partial charge in [0.05, 0.1) is 24.5 Å². The molecule has 2 amide bonds. The van der Waals surface area contributed by atoms with E-state index in [-0.39, 0.29) is 19.1 Å². The molecule has 164 valence electrons. The maximum atomic E-state index is 12.4. The summed E-state index contributed by atoms with van der Waals surface area (Å²) in [6.45, 7) is 3.97. The van der Waals surface area contributed by atoms with E-state index in [4.69, 9.17) is 23.2 Å². The van der Waals surface area contributed by atoms with Gasteiger partial charge in [0.2, 0.25) is 0 Å².